The number of para-hydroxylation sites is 1. The van der Waals surface area contributed by atoms with Crippen molar-refractivity contribution in [3.63, 3.8) is 0 Å². The van der Waals surface area contributed by atoms with Crippen LogP contribution < -0.4 is 30.9 Å². The van der Waals surface area contributed by atoms with Crippen LogP contribution in [0.1, 0.15) is 49.3 Å². The third-order valence-electron chi connectivity index (χ3n) is 11.3. The monoisotopic (exact) mass is 877 g/mol. The van der Waals surface area contributed by atoms with Gasteiger partial charge in [0.15, 0.2) is 23.1 Å². The van der Waals surface area contributed by atoms with E-state index in [1.807, 2.05) is 95.9 Å². The summed E-state index contributed by atoms with van der Waals surface area (Å²) in [5.41, 5.74) is 3.09. The van der Waals surface area contributed by atoms with Crippen LogP contribution in [0.25, 0.3) is 11.2 Å². The van der Waals surface area contributed by atoms with Gasteiger partial charge in [-0.3, -0.25) is 4.79 Å². The van der Waals surface area contributed by atoms with E-state index in [2.05, 4.69) is 26.3 Å². The van der Waals surface area contributed by atoms with Crippen molar-refractivity contribution in [1.29, 1.82) is 0 Å². The minimum atomic E-state index is -5.34. The number of halogens is 3. The normalized spacial score (nSPS) is 19.7. The van der Waals surface area contributed by atoms with E-state index in [9.17, 15) is 32.7 Å². The Morgan fingerprint density at radius 2 is 1.50 bits per heavy atom. The molecule has 64 heavy (non-hydrogen) atoms. The highest BCUT2D eigenvalue weighted by Gasteiger charge is 2.51. The molecule has 0 bridgehead atoms. The minimum absolute atomic E-state index is 0.0541. The number of nitrogens with zero attached hydrogens (tertiary/aromatic N) is 5. The maximum atomic E-state index is 13.6. The lowest BCUT2D eigenvalue weighted by Gasteiger charge is -2.25. The van der Waals surface area contributed by atoms with Gasteiger partial charge in [-0.25, -0.2) is 14.6 Å². The number of rotatable bonds is 14. The van der Waals surface area contributed by atoms with Crippen LogP contribution in [0.2, 0.25) is 0 Å². The predicted octanol–water partition coefficient (Wildman–Crippen LogP) is 6.94. The summed E-state index contributed by atoms with van der Waals surface area (Å²) in [5.74, 6) is -1.20. The number of aliphatic hydroxyl groups is 1. The van der Waals surface area contributed by atoms with Gasteiger partial charge in [0, 0.05) is 43.7 Å². The Kier molecular flexibility index (Phi) is 12.9. The second-order valence-electron chi connectivity index (χ2n) is 15.6. The summed E-state index contributed by atoms with van der Waals surface area (Å²) in [4.78, 5) is 54.1. The number of alkyl halides is 3. The van der Waals surface area contributed by atoms with Crippen molar-refractivity contribution in [2.75, 3.05) is 35.2 Å². The lowest BCUT2D eigenvalue weighted by Crippen LogP contribution is -2.45. The smallest absolute Gasteiger partial charge is 0.457 e. The molecule has 2 aliphatic rings. The summed E-state index contributed by atoms with van der Waals surface area (Å²) in [6.07, 6.45) is -6.91. The molecule has 0 radical (unpaired) electrons. The Morgan fingerprint density at radius 3 is 2.14 bits per heavy atom. The number of anilines is 3. The second kappa shape index (κ2) is 19.0. The Morgan fingerprint density at radius 1 is 0.859 bits per heavy atom. The number of imidazole rings is 1. The third kappa shape index (κ3) is 10.0. The molecule has 2 aromatic heterocycles. The Labute approximate surface area is 366 Å². The molecule has 332 valence electrons. The van der Waals surface area contributed by atoms with E-state index in [0.717, 1.165) is 11.1 Å². The van der Waals surface area contributed by atoms with Crippen LogP contribution in [0.15, 0.2) is 122 Å². The van der Waals surface area contributed by atoms with E-state index in [1.54, 1.807) is 31.2 Å². The third-order valence-corrected chi connectivity index (χ3v) is 11.3. The molecule has 18 heteroatoms. The number of benzene rings is 4. The molecule has 4 aromatic carbocycles. The zero-order valence-electron chi connectivity index (χ0n) is 34.6. The molecule has 5 N–H and O–H groups in total. The molecule has 8 rings (SSSR count). The van der Waals surface area contributed by atoms with Crippen LogP contribution in [0.4, 0.5) is 35.4 Å². The average Bonchev–Trinajstić information content (AvgIpc) is 4.02. The van der Waals surface area contributed by atoms with E-state index >= 15 is 0 Å². The van der Waals surface area contributed by atoms with Gasteiger partial charge in [-0.1, -0.05) is 85.8 Å². The van der Waals surface area contributed by atoms with Crippen molar-refractivity contribution < 1.29 is 42.1 Å². The number of carbonyl (C=O) groups excluding carboxylic acids is 3. The zero-order chi connectivity index (χ0) is 44.8. The van der Waals surface area contributed by atoms with Gasteiger partial charge in [0.1, 0.15) is 17.6 Å². The first kappa shape index (κ1) is 43.4. The lowest BCUT2D eigenvalue weighted by atomic mass is 9.91. The van der Waals surface area contributed by atoms with Crippen molar-refractivity contribution in [2.24, 2.45) is 0 Å². The van der Waals surface area contributed by atoms with Crippen molar-refractivity contribution in [1.82, 2.24) is 30.2 Å². The number of carbonyl (C=O) groups is 3. The molecular weight excluding hydrogens is 832 g/mol. The summed E-state index contributed by atoms with van der Waals surface area (Å²) >= 11 is 0. The first-order valence-corrected chi connectivity index (χ1v) is 20.9. The van der Waals surface area contributed by atoms with Crippen molar-refractivity contribution in [3.05, 3.63) is 133 Å². The van der Waals surface area contributed by atoms with Crippen molar-refractivity contribution in [2.45, 2.75) is 68.6 Å². The highest BCUT2D eigenvalue weighted by molar-refractivity contribution is 5.89. The van der Waals surface area contributed by atoms with Gasteiger partial charge in [-0.2, -0.15) is 23.1 Å². The Hall–Kier alpha value is -7.21. The van der Waals surface area contributed by atoms with Crippen molar-refractivity contribution in [3.8, 4) is 11.5 Å². The van der Waals surface area contributed by atoms with E-state index in [4.69, 9.17) is 19.4 Å². The van der Waals surface area contributed by atoms with Crippen LogP contribution in [0.3, 0.4) is 0 Å². The van der Waals surface area contributed by atoms with Crippen LogP contribution in [-0.4, -0.2) is 92.6 Å². The van der Waals surface area contributed by atoms with Gasteiger partial charge >= 0.3 is 18.2 Å². The molecule has 1 aliphatic heterocycles. The van der Waals surface area contributed by atoms with E-state index in [1.165, 1.54) is 10.9 Å². The lowest BCUT2D eigenvalue weighted by molar-refractivity contribution is -0.209. The van der Waals surface area contributed by atoms with E-state index in [-0.39, 0.29) is 41.9 Å². The number of ether oxygens (including phenoxy) is 2. The standard InChI is InChI=1S/C46H46F3N9O6/c1-2-37(59)54-35-24-36(40(39(35)60)64-43(61)46(47,48)49)58-27-51-38-41(50-25-34(28-12-6-3-7-13-28)29-14-8-4-9-15-29)55-44(56-42(38)58)57-23-22-31(26-57)53-45(62)52-30-18-20-33(21-19-30)63-32-16-10-5-11-17-32/h3-21,27,31,34-36,39-40,60H,2,22-26H2,1H3,(H,54,59)(H,50,55,56)(H2,52,53,62)/t31-,35+,36-,39-,40+/m1/s1. The number of amides is 3. The van der Waals surface area contributed by atoms with Crippen molar-refractivity contribution >= 4 is 46.5 Å². The van der Waals surface area contributed by atoms with E-state index in [0.29, 0.717) is 49.1 Å². The molecule has 5 atom stereocenters. The Balaban J connectivity index is 1.07. The van der Waals surface area contributed by atoms with Crippen LogP contribution in [-0.2, 0) is 14.3 Å². The summed E-state index contributed by atoms with van der Waals surface area (Å²) in [6, 6.07) is 33.2. The molecule has 1 saturated heterocycles. The first-order chi connectivity index (χ1) is 30.9. The molecule has 2 fully saturated rings. The Bertz CT molecular complexity index is 2510. The van der Waals surface area contributed by atoms with Gasteiger partial charge in [-0.15, -0.1) is 0 Å². The van der Waals surface area contributed by atoms with Crippen LogP contribution in [0, 0.1) is 0 Å². The van der Waals surface area contributed by atoms with Crippen LogP contribution in [0.5, 0.6) is 11.5 Å². The second-order valence-corrected chi connectivity index (χ2v) is 15.6. The molecule has 1 saturated carbocycles. The fraction of sp³-hybridized carbons (Fsp3) is 0.304. The molecule has 3 amide bonds. The molecule has 6 aromatic rings. The minimum Gasteiger partial charge on any atom is -0.457 e. The first-order valence-electron chi connectivity index (χ1n) is 20.9. The number of aliphatic hydroxyl groups excluding tert-OH is 1. The fourth-order valence-corrected chi connectivity index (χ4v) is 8.11. The summed E-state index contributed by atoms with van der Waals surface area (Å²) < 4.78 is 53.0. The SMILES string of the molecule is CCC(=O)N[C@H]1C[C@@H](n2cnc3c(NCC(c4ccccc4)c4ccccc4)nc(N4CC[C@@H](NC(=O)Nc5ccc(Oc6ccccc6)cc5)C4)nc32)[C@H](OC(=O)C(F)(F)F)[C@@H]1O. The zero-order valence-corrected chi connectivity index (χ0v) is 34.6. The summed E-state index contributed by atoms with van der Waals surface area (Å²) in [5, 5.41) is 23.2. The summed E-state index contributed by atoms with van der Waals surface area (Å²) in [6.45, 7) is 2.70. The van der Waals surface area contributed by atoms with Gasteiger partial charge in [0.2, 0.25) is 11.9 Å². The molecule has 1 aliphatic carbocycles. The number of aromatic nitrogens is 4. The highest BCUT2D eigenvalue weighted by atomic mass is 19.4. The maximum Gasteiger partial charge on any atom is 0.490 e. The average molecular weight is 878 g/mol. The highest BCUT2D eigenvalue weighted by Crippen LogP contribution is 2.38. The predicted molar refractivity (Wildman–Crippen MR) is 232 cm³/mol. The fourth-order valence-electron chi connectivity index (χ4n) is 8.11. The summed E-state index contributed by atoms with van der Waals surface area (Å²) in [7, 11) is 0. The molecule has 3 heterocycles. The number of nitrogens with one attached hydrogen (secondary N) is 4. The maximum absolute atomic E-state index is 13.6. The van der Waals surface area contributed by atoms with Gasteiger partial charge in [0.05, 0.1) is 18.4 Å². The van der Waals surface area contributed by atoms with Gasteiger partial charge < -0.3 is 45.3 Å². The molecule has 15 nitrogen and oxygen atoms in total. The quantitative estimate of drug-likeness (QED) is 0.0715. The number of hydrogen-bond donors (Lipinski definition) is 5. The van der Waals surface area contributed by atoms with Gasteiger partial charge in [0.25, 0.3) is 0 Å². The van der Waals surface area contributed by atoms with E-state index < -0.39 is 48.4 Å². The van der Waals surface area contributed by atoms with Crippen LogP contribution >= 0.6 is 0 Å². The topological polar surface area (TPSA) is 185 Å². The largest absolute Gasteiger partial charge is 0.490 e. The number of urea groups is 1. The molecule has 0 spiro atoms. The molecule has 0 unspecified atom stereocenters. The number of fused-ring (bicyclic) bond motifs is 1. The molecular formula is C46H46F3N9O6. The number of esters is 1. The number of hydrogen-bond acceptors (Lipinski definition) is 11. The van der Waals surface area contributed by atoms with Gasteiger partial charge in [-0.05, 0) is 60.4 Å².